The van der Waals surface area contributed by atoms with Crippen molar-refractivity contribution < 1.29 is 9.53 Å². The number of amides is 1. The molecule has 0 bridgehead atoms. The number of ether oxygens (including phenoxy) is 1. The number of hydrogen-bond acceptors (Lipinski definition) is 4. The van der Waals surface area contributed by atoms with Gasteiger partial charge < -0.3 is 15.4 Å². The normalized spacial score (nSPS) is 16.6. The van der Waals surface area contributed by atoms with Crippen LogP contribution in [0.4, 0.5) is 5.69 Å². The number of carbonyl (C=O) groups is 1. The van der Waals surface area contributed by atoms with Crippen molar-refractivity contribution in [2.75, 3.05) is 25.4 Å². The van der Waals surface area contributed by atoms with Crippen LogP contribution in [0.1, 0.15) is 31.2 Å². The summed E-state index contributed by atoms with van der Waals surface area (Å²) in [5.74, 6) is 0.102. The summed E-state index contributed by atoms with van der Waals surface area (Å²) in [4.78, 5) is 14.2. The van der Waals surface area contributed by atoms with E-state index in [1.807, 2.05) is 25.7 Å². The maximum absolute atomic E-state index is 12.3. The molecule has 2 N–H and O–H groups in total. The molecular formula is C14H24N4O2. The largest absolute Gasteiger partial charge is 0.396 e. The molecule has 1 saturated heterocycles. The number of nitrogens with zero attached hydrogens (tertiary/aromatic N) is 3. The van der Waals surface area contributed by atoms with Crippen LogP contribution in [-0.4, -0.2) is 46.4 Å². The van der Waals surface area contributed by atoms with Crippen molar-refractivity contribution in [1.29, 1.82) is 0 Å². The van der Waals surface area contributed by atoms with Crippen LogP contribution in [0.25, 0.3) is 0 Å². The second-order valence-electron chi connectivity index (χ2n) is 5.28. The molecule has 6 heteroatoms. The molecule has 0 spiro atoms. The van der Waals surface area contributed by atoms with E-state index in [2.05, 4.69) is 5.10 Å². The molecule has 0 radical (unpaired) electrons. The smallest absolute Gasteiger partial charge is 0.244 e. The minimum atomic E-state index is 0.102. The first-order valence-electron chi connectivity index (χ1n) is 7.21. The number of aromatic nitrogens is 2. The number of nitrogens with two attached hydrogens (primary N) is 1. The maximum atomic E-state index is 12.3. The summed E-state index contributed by atoms with van der Waals surface area (Å²) < 4.78 is 7.29. The third-order valence-corrected chi connectivity index (χ3v) is 3.92. The molecule has 0 aromatic carbocycles. The van der Waals surface area contributed by atoms with Crippen molar-refractivity contribution in [3.05, 3.63) is 11.4 Å². The van der Waals surface area contributed by atoms with Gasteiger partial charge >= 0.3 is 0 Å². The Morgan fingerprint density at radius 1 is 1.40 bits per heavy atom. The molecule has 2 heterocycles. The summed E-state index contributed by atoms with van der Waals surface area (Å²) in [6, 6.07) is 0. The first-order chi connectivity index (χ1) is 9.52. The van der Waals surface area contributed by atoms with Gasteiger partial charge in [-0.15, -0.1) is 0 Å². The van der Waals surface area contributed by atoms with Gasteiger partial charge in [-0.05, 0) is 33.6 Å². The van der Waals surface area contributed by atoms with E-state index in [4.69, 9.17) is 10.5 Å². The molecule has 1 aromatic heterocycles. The highest BCUT2D eigenvalue weighted by molar-refractivity contribution is 5.76. The fraction of sp³-hybridized carbons (Fsp3) is 0.714. The fourth-order valence-electron chi connectivity index (χ4n) is 2.60. The zero-order valence-electron chi connectivity index (χ0n) is 12.6. The van der Waals surface area contributed by atoms with Crippen LogP contribution in [0.5, 0.6) is 0 Å². The third-order valence-electron chi connectivity index (χ3n) is 3.92. The van der Waals surface area contributed by atoms with E-state index in [0.717, 1.165) is 43.9 Å². The fourth-order valence-corrected chi connectivity index (χ4v) is 2.60. The number of aryl methyl sites for hydroxylation is 1. The maximum Gasteiger partial charge on any atom is 0.244 e. The van der Waals surface area contributed by atoms with Crippen LogP contribution >= 0.6 is 0 Å². The summed E-state index contributed by atoms with van der Waals surface area (Å²) in [6.07, 6.45) is 2.13. The van der Waals surface area contributed by atoms with Crippen LogP contribution < -0.4 is 5.73 Å². The van der Waals surface area contributed by atoms with Gasteiger partial charge in [0.05, 0.1) is 23.2 Å². The molecule has 0 saturated carbocycles. The van der Waals surface area contributed by atoms with Crippen molar-refractivity contribution in [3.8, 4) is 0 Å². The van der Waals surface area contributed by atoms with Gasteiger partial charge in [-0.1, -0.05) is 0 Å². The SMILES string of the molecule is CCOC1CCN(C(=O)Cn2nc(C)c(N)c2C)CC1. The van der Waals surface area contributed by atoms with E-state index in [9.17, 15) is 4.79 Å². The predicted molar refractivity (Wildman–Crippen MR) is 77.3 cm³/mol. The molecule has 2 rings (SSSR count). The number of carbonyl (C=O) groups excluding carboxylic acids is 1. The Bertz CT molecular complexity index is 476. The lowest BCUT2D eigenvalue weighted by atomic mass is 10.1. The first kappa shape index (κ1) is 14.8. The third kappa shape index (κ3) is 3.12. The van der Waals surface area contributed by atoms with E-state index in [-0.39, 0.29) is 12.5 Å². The van der Waals surface area contributed by atoms with Crippen LogP contribution in [0, 0.1) is 13.8 Å². The molecular weight excluding hydrogens is 256 g/mol. The van der Waals surface area contributed by atoms with Crippen molar-refractivity contribution in [2.45, 2.75) is 46.3 Å². The minimum absolute atomic E-state index is 0.102. The summed E-state index contributed by atoms with van der Waals surface area (Å²) >= 11 is 0. The Morgan fingerprint density at radius 2 is 2.05 bits per heavy atom. The quantitative estimate of drug-likeness (QED) is 0.896. The lowest BCUT2D eigenvalue weighted by molar-refractivity contribution is -0.134. The van der Waals surface area contributed by atoms with Gasteiger partial charge in [-0.2, -0.15) is 5.10 Å². The van der Waals surface area contributed by atoms with Gasteiger partial charge in [0.1, 0.15) is 6.54 Å². The van der Waals surface area contributed by atoms with Gasteiger partial charge in [0, 0.05) is 19.7 Å². The number of piperidine rings is 1. The lowest BCUT2D eigenvalue weighted by Crippen LogP contribution is -2.42. The van der Waals surface area contributed by atoms with Gasteiger partial charge in [-0.3, -0.25) is 9.48 Å². The number of rotatable bonds is 4. The average Bonchev–Trinajstić information content (AvgIpc) is 2.67. The second-order valence-corrected chi connectivity index (χ2v) is 5.28. The second kappa shape index (κ2) is 6.26. The summed E-state index contributed by atoms with van der Waals surface area (Å²) in [6.45, 7) is 8.29. The topological polar surface area (TPSA) is 73.4 Å². The molecule has 0 unspecified atom stereocenters. The molecule has 0 aliphatic carbocycles. The van der Waals surface area contributed by atoms with E-state index in [1.54, 1.807) is 4.68 Å². The summed E-state index contributed by atoms with van der Waals surface area (Å²) in [7, 11) is 0. The molecule has 6 nitrogen and oxygen atoms in total. The molecule has 1 fully saturated rings. The van der Waals surface area contributed by atoms with Gasteiger partial charge in [0.25, 0.3) is 0 Å². The minimum Gasteiger partial charge on any atom is -0.396 e. The van der Waals surface area contributed by atoms with Crippen molar-refractivity contribution in [1.82, 2.24) is 14.7 Å². The monoisotopic (exact) mass is 280 g/mol. The van der Waals surface area contributed by atoms with Crippen LogP contribution in [0.2, 0.25) is 0 Å². The van der Waals surface area contributed by atoms with Gasteiger partial charge in [0.15, 0.2) is 0 Å². The van der Waals surface area contributed by atoms with E-state index in [0.29, 0.717) is 11.8 Å². The van der Waals surface area contributed by atoms with Crippen molar-refractivity contribution >= 4 is 11.6 Å². The summed E-state index contributed by atoms with van der Waals surface area (Å²) in [5, 5.41) is 4.31. The zero-order chi connectivity index (χ0) is 14.7. The van der Waals surface area contributed by atoms with Gasteiger partial charge in [-0.25, -0.2) is 0 Å². The Hall–Kier alpha value is -1.56. The van der Waals surface area contributed by atoms with Crippen molar-refractivity contribution in [2.24, 2.45) is 0 Å². The molecule has 1 aromatic rings. The van der Waals surface area contributed by atoms with Crippen LogP contribution in [-0.2, 0) is 16.1 Å². The number of hydrogen-bond donors (Lipinski definition) is 1. The van der Waals surface area contributed by atoms with E-state index >= 15 is 0 Å². The van der Waals surface area contributed by atoms with E-state index in [1.165, 1.54) is 0 Å². The molecule has 0 atom stereocenters. The molecule has 1 amide bonds. The Balaban J connectivity index is 1.91. The molecule has 20 heavy (non-hydrogen) atoms. The molecule has 1 aliphatic heterocycles. The number of likely N-dealkylation sites (tertiary alicyclic amines) is 1. The van der Waals surface area contributed by atoms with E-state index < -0.39 is 0 Å². The van der Waals surface area contributed by atoms with Crippen LogP contribution in [0.3, 0.4) is 0 Å². The Labute approximate surface area is 119 Å². The lowest BCUT2D eigenvalue weighted by Gasteiger charge is -2.31. The van der Waals surface area contributed by atoms with Gasteiger partial charge in [0.2, 0.25) is 5.91 Å². The highest BCUT2D eigenvalue weighted by atomic mass is 16.5. The predicted octanol–water partition coefficient (Wildman–Crippen LogP) is 1.11. The molecule has 1 aliphatic rings. The first-order valence-corrected chi connectivity index (χ1v) is 7.21. The Morgan fingerprint density at radius 3 is 2.55 bits per heavy atom. The Kier molecular flexibility index (Phi) is 4.65. The standard InChI is InChI=1S/C14H24N4O2/c1-4-20-12-5-7-17(8-6-12)13(19)9-18-11(3)14(15)10(2)16-18/h12H,4-9,15H2,1-3H3. The zero-order valence-corrected chi connectivity index (χ0v) is 12.6. The number of anilines is 1. The number of nitrogen functional groups attached to an aromatic ring is 1. The van der Waals surface area contributed by atoms with Crippen molar-refractivity contribution in [3.63, 3.8) is 0 Å². The summed E-state index contributed by atoms with van der Waals surface area (Å²) in [5.41, 5.74) is 8.20. The average molecular weight is 280 g/mol. The molecule has 112 valence electrons. The highest BCUT2D eigenvalue weighted by Crippen LogP contribution is 2.17. The highest BCUT2D eigenvalue weighted by Gasteiger charge is 2.23. The van der Waals surface area contributed by atoms with Crippen LogP contribution in [0.15, 0.2) is 0 Å².